The van der Waals surface area contributed by atoms with E-state index in [0.717, 1.165) is 0 Å². The van der Waals surface area contributed by atoms with E-state index in [2.05, 4.69) is 16.0 Å². The lowest BCUT2D eigenvalue weighted by molar-refractivity contribution is -0.144. The molecule has 4 unspecified atom stereocenters. The molecule has 0 aromatic heterocycles. The molecular formula is C18H32N6O7. The van der Waals surface area contributed by atoms with Gasteiger partial charge in [-0.05, 0) is 25.7 Å². The van der Waals surface area contributed by atoms with Gasteiger partial charge in [-0.3, -0.25) is 24.0 Å². The molecule has 0 aromatic carbocycles. The fourth-order valence-electron chi connectivity index (χ4n) is 2.51. The SMILES string of the molecule is CC(C)CC(NC(=O)C(C)N)C(=O)NC(CCC(N)=O)C(=O)NC(CC(N)=O)C(=O)O. The number of rotatable bonds is 14. The minimum absolute atomic E-state index is 0.00557. The van der Waals surface area contributed by atoms with Crippen LogP contribution >= 0.6 is 0 Å². The van der Waals surface area contributed by atoms with Crippen LogP contribution in [0.4, 0.5) is 0 Å². The lowest BCUT2D eigenvalue weighted by Gasteiger charge is -2.25. The van der Waals surface area contributed by atoms with Gasteiger partial charge < -0.3 is 38.3 Å². The Hall–Kier alpha value is -3.22. The van der Waals surface area contributed by atoms with Crippen LogP contribution in [0.1, 0.15) is 46.5 Å². The average Bonchev–Trinajstić information content (AvgIpc) is 2.62. The van der Waals surface area contributed by atoms with Crippen molar-refractivity contribution < 1.29 is 33.9 Å². The van der Waals surface area contributed by atoms with Crippen LogP contribution in [0.3, 0.4) is 0 Å². The number of hydrogen-bond acceptors (Lipinski definition) is 7. The Bertz CT molecular complexity index is 695. The lowest BCUT2D eigenvalue weighted by Crippen LogP contribution is -2.57. The van der Waals surface area contributed by atoms with Crippen molar-refractivity contribution in [2.75, 3.05) is 0 Å². The van der Waals surface area contributed by atoms with Crippen LogP contribution in [0.5, 0.6) is 0 Å². The molecule has 0 saturated carbocycles. The van der Waals surface area contributed by atoms with Crippen molar-refractivity contribution in [2.24, 2.45) is 23.1 Å². The van der Waals surface area contributed by atoms with Crippen molar-refractivity contribution in [1.82, 2.24) is 16.0 Å². The fraction of sp³-hybridized carbons (Fsp3) is 0.667. The summed E-state index contributed by atoms with van der Waals surface area (Å²) in [5, 5.41) is 16.1. The zero-order valence-electron chi connectivity index (χ0n) is 17.8. The molecule has 0 saturated heterocycles. The highest BCUT2D eigenvalue weighted by Crippen LogP contribution is 2.07. The zero-order valence-corrected chi connectivity index (χ0v) is 17.8. The first-order valence-corrected chi connectivity index (χ1v) is 9.70. The standard InChI is InChI=1S/C18H32N6O7/c1-8(2)6-11(23-15(27)9(3)19)17(29)22-10(4-5-13(20)25)16(28)24-12(18(30)31)7-14(21)26/h8-12H,4-7,19H2,1-3H3,(H2,20,25)(H2,21,26)(H,22,29)(H,23,27)(H,24,28)(H,30,31). The van der Waals surface area contributed by atoms with Crippen molar-refractivity contribution in [2.45, 2.75) is 70.6 Å². The Morgan fingerprint density at radius 2 is 1.26 bits per heavy atom. The smallest absolute Gasteiger partial charge is 0.326 e. The maximum atomic E-state index is 12.7. The normalized spacial score (nSPS) is 14.6. The van der Waals surface area contributed by atoms with Crippen molar-refractivity contribution >= 4 is 35.5 Å². The fourth-order valence-corrected chi connectivity index (χ4v) is 2.51. The summed E-state index contributed by atoms with van der Waals surface area (Å²) in [6.07, 6.45) is -0.954. The molecule has 4 atom stereocenters. The summed E-state index contributed by atoms with van der Waals surface area (Å²) in [7, 11) is 0. The highest BCUT2D eigenvalue weighted by Gasteiger charge is 2.31. The molecule has 0 aliphatic carbocycles. The summed E-state index contributed by atoms with van der Waals surface area (Å²) < 4.78 is 0. The van der Waals surface area contributed by atoms with Crippen LogP contribution < -0.4 is 33.2 Å². The number of hydrogen-bond donors (Lipinski definition) is 7. The van der Waals surface area contributed by atoms with Gasteiger partial charge in [-0.25, -0.2) is 4.79 Å². The Labute approximate surface area is 179 Å². The van der Waals surface area contributed by atoms with E-state index in [4.69, 9.17) is 22.3 Å². The average molecular weight is 444 g/mol. The predicted octanol–water partition coefficient (Wildman–Crippen LogP) is -2.94. The second kappa shape index (κ2) is 13.2. The van der Waals surface area contributed by atoms with Crippen molar-refractivity contribution in [3.63, 3.8) is 0 Å². The first kappa shape index (κ1) is 27.8. The number of aliphatic carboxylic acids is 1. The van der Waals surface area contributed by atoms with E-state index in [9.17, 15) is 28.8 Å². The Kier molecular flexibility index (Phi) is 11.8. The van der Waals surface area contributed by atoms with Crippen LogP contribution in [-0.2, 0) is 28.8 Å². The summed E-state index contributed by atoms with van der Waals surface area (Å²) >= 11 is 0. The van der Waals surface area contributed by atoms with E-state index in [1.54, 1.807) is 0 Å². The number of carboxylic acid groups (broad SMARTS) is 1. The molecule has 0 fully saturated rings. The minimum Gasteiger partial charge on any atom is -0.480 e. The van der Waals surface area contributed by atoms with Crippen LogP contribution in [0, 0.1) is 5.92 Å². The molecule has 5 amide bonds. The second-order valence-corrected chi connectivity index (χ2v) is 7.62. The molecule has 0 aliphatic heterocycles. The van der Waals surface area contributed by atoms with Gasteiger partial charge >= 0.3 is 5.97 Å². The van der Waals surface area contributed by atoms with E-state index in [1.807, 2.05) is 13.8 Å². The van der Waals surface area contributed by atoms with Crippen molar-refractivity contribution in [3.8, 4) is 0 Å². The minimum atomic E-state index is -1.62. The van der Waals surface area contributed by atoms with E-state index >= 15 is 0 Å². The summed E-state index contributed by atoms with van der Waals surface area (Å²) in [6, 6.07) is -4.87. The predicted molar refractivity (Wildman–Crippen MR) is 109 cm³/mol. The van der Waals surface area contributed by atoms with E-state index in [-0.39, 0.29) is 25.2 Å². The first-order valence-electron chi connectivity index (χ1n) is 9.70. The van der Waals surface area contributed by atoms with Gasteiger partial charge in [-0.1, -0.05) is 13.8 Å². The van der Waals surface area contributed by atoms with Crippen molar-refractivity contribution in [3.05, 3.63) is 0 Å². The number of amides is 5. The molecule has 13 nitrogen and oxygen atoms in total. The third-order valence-electron chi connectivity index (χ3n) is 4.09. The molecular weight excluding hydrogens is 412 g/mol. The molecule has 0 aromatic rings. The van der Waals surface area contributed by atoms with E-state index < -0.39 is 66.1 Å². The number of carboxylic acids is 1. The number of carbonyl (C=O) groups is 6. The molecule has 0 bridgehead atoms. The summed E-state index contributed by atoms with van der Waals surface area (Å²) in [4.78, 5) is 70.7. The van der Waals surface area contributed by atoms with Crippen LogP contribution in [0.2, 0.25) is 0 Å². The largest absolute Gasteiger partial charge is 0.480 e. The third-order valence-corrected chi connectivity index (χ3v) is 4.09. The highest BCUT2D eigenvalue weighted by molar-refractivity contribution is 5.95. The zero-order chi connectivity index (χ0) is 24.3. The van der Waals surface area contributed by atoms with Crippen LogP contribution in [-0.4, -0.2) is 64.8 Å². The second-order valence-electron chi connectivity index (χ2n) is 7.62. The number of carbonyl (C=O) groups excluding carboxylic acids is 5. The molecule has 31 heavy (non-hydrogen) atoms. The van der Waals surface area contributed by atoms with Gasteiger partial charge in [0, 0.05) is 6.42 Å². The molecule has 176 valence electrons. The van der Waals surface area contributed by atoms with Gasteiger partial charge in [0.1, 0.15) is 18.1 Å². The Morgan fingerprint density at radius 1 is 0.774 bits per heavy atom. The summed E-state index contributed by atoms with van der Waals surface area (Å²) in [6.45, 7) is 5.07. The Morgan fingerprint density at radius 3 is 1.68 bits per heavy atom. The van der Waals surface area contributed by atoms with Crippen LogP contribution in [0.15, 0.2) is 0 Å². The highest BCUT2D eigenvalue weighted by atomic mass is 16.4. The van der Waals surface area contributed by atoms with Crippen LogP contribution in [0.25, 0.3) is 0 Å². The van der Waals surface area contributed by atoms with E-state index in [1.165, 1.54) is 6.92 Å². The lowest BCUT2D eigenvalue weighted by atomic mass is 10.0. The van der Waals surface area contributed by atoms with Gasteiger partial charge in [0.2, 0.25) is 29.5 Å². The van der Waals surface area contributed by atoms with Gasteiger partial charge in [0.25, 0.3) is 0 Å². The summed E-state index contributed by atoms with van der Waals surface area (Å²) in [5.41, 5.74) is 15.6. The molecule has 0 heterocycles. The molecule has 13 heteroatoms. The third kappa shape index (κ3) is 11.5. The van der Waals surface area contributed by atoms with Gasteiger partial charge in [0.05, 0.1) is 12.5 Å². The van der Waals surface area contributed by atoms with Gasteiger partial charge in [0.15, 0.2) is 0 Å². The number of primary amides is 2. The molecule has 0 aliphatic rings. The maximum absolute atomic E-state index is 12.7. The molecule has 0 rings (SSSR count). The van der Waals surface area contributed by atoms with Crippen molar-refractivity contribution in [1.29, 1.82) is 0 Å². The topological polar surface area (TPSA) is 237 Å². The monoisotopic (exact) mass is 444 g/mol. The summed E-state index contributed by atoms with van der Waals surface area (Å²) in [5.74, 6) is -5.47. The molecule has 10 N–H and O–H groups in total. The maximum Gasteiger partial charge on any atom is 0.326 e. The number of nitrogens with one attached hydrogen (secondary N) is 3. The van der Waals surface area contributed by atoms with Gasteiger partial charge in [-0.2, -0.15) is 0 Å². The first-order chi connectivity index (χ1) is 14.2. The quantitative estimate of drug-likeness (QED) is 0.146. The number of nitrogens with two attached hydrogens (primary N) is 3. The Balaban J connectivity index is 5.52. The molecule has 0 radical (unpaired) electrons. The molecule has 0 spiro atoms. The van der Waals surface area contributed by atoms with E-state index in [0.29, 0.717) is 0 Å². The van der Waals surface area contributed by atoms with Gasteiger partial charge in [-0.15, -0.1) is 0 Å².